The molecule has 0 aliphatic heterocycles. The van der Waals surface area contributed by atoms with E-state index >= 15 is 0 Å². The van der Waals surface area contributed by atoms with Gasteiger partial charge >= 0.3 is 0 Å². The molecule has 1 fully saturated rings. The van der Waals surface area contributed by atoms with E-state index in [4.69, 9.17) is 16.3 Å². The molecule has 158 valence electrons. The minimum Gasteiger partial charge on any atom is -0.493 e. The van der Waals surface area contributed by atoms with Crippen LogP contribution in [-0.2, 0) is 0 Å². The zero-order valence-corrected chi connectivity index (χ0v) is 18.7. The van der Waals surface area contributed by atoms with E-state index in [1.54, 1.807) is 17.5 Å². The molecule has 7 heteroatoms. The molecule has 1 atom stereocenters. The van der Waals surface area contributed by atoms with E-state index in [1.807, 2.05) is 6.07 Å². The third kappa shape index (κ3) is 5.30. The van der Waals surface area contributed by atoms with Crippen LogP contribution in [0.1, 0.15) is 47.6 Å². The van der Waals surface area contributed by atoms with Gasteiger partial charge in [-0.15, -0.1) is 11.3 Å². The molecule has 2 aromatic rings. The Hall–Kier alpha value is -1.63. The molecule has 1 saturated carbocycles. The topological polar surface area (TPSA) is 41.6 Å². The van der Waals surface area contributed by atoms with E-state index in [0.29, 0.717) is 34.0 Å². The highest BCUT2D eigenvalue weighted by Gasteiger charge is 2.30. The average molecular weight is 439 g/mol. The lowest BCUT2D eigenvalue weighted by Crippen LogP contribution is -2.34. The predicted molar refractivity (Wildman–Crippen MR) is 116 cm³/mol. The van der Waals surface area contributed by atoms with Crippen molar-refractivity contribution in [3.63, 3.8) is 0 Å². The predicted octanol–water partition coefficient (Wildman–Crippen LogP) is 5.39. The summed E-state index contributed by atoms with van der Waals surface area (Å²) in [7, 11) is 5.63. The van der Waals surface area contributed by atoms with Crippen molar-refractivity contribution in [3.8, 4) is 5.75 Å². The van der Waals surface area contributed by atoms with Gasteiger partial charge in [-0.2, -0.15) is 0 Å². The largest absolute Gasteiger partial charge is 0.493 e. The Morgan fingerprint density at radius 1 is 1.34 bits per heavy atom. The van der Waals surface area contributed by atoms with Gasteiger partial charge in [-0.1, -0.05) is 23.7 Å². The lowest BCUT2D eigenvalue weighted by molar-refractivity contribution is 0.0932. The van der Waals surface area contributed by atoms with E-state index < -0.39 is 0 Å². The number of thiophene rings is 1. The van der Waals surface area contributed by atoms with Crippen molar-refractivity contribution in [1.29, 1.82) is 0 Å². The van der Waals surface area contributed by atoms with Crippen LogP contribution in [-0.4, -0.2) is 38.6 Å². The highest BCUT2D eigenvalue weighted by Crippen LogP contribution is 2.39. The second-order valence-electron chi connectivity index (χ2n) is 7.91. The Kier molecular flexibility index (Phi) is 7.55. The molecule has 1 aliphatic carbocycles. The molecule has 0 radical (unpaired) electrons. The number of carbonyl (C=O) groups excluding carboxylic acids is 1. The second kappa shape index (κ2) is 9.92. The summed E-state index contributed by atoms with van der Waals surface area (Å²) in [5.41, 5.74) is 1.53. The van der Waals surface area contributed by atoms with Crippen LogP contribution in [0.25, 0.3) is 0 Å². The van der Waals surface area contributed by atoms with Crippen LogP contribution < -0.4 is 10.1 Å². The summed E-state index contributed by atoms with van der Waals surface area (Å²) in [6.45, 7) is 0.648. The highest BCUT2D eigenvalue weighted by atomic mass is 35.5. The number of nitrogens with zero attached hydrogens (tertiary/aromatic N) is 1. The van der Waals surface area contributed by atoms with Crippen LogP contribution >= 0.6 is 22.9 Å². The van der Waals surface area contributed by atoms with E-state index in [9.17, 15) is 9.18 Å². The van der Waals surface area contributed by atoms with Gasteiger partial charge in [0.2, 0.25) is 0 Å². The Morgan fingerprint density at radius 3 is 2.69 bits per heavy atom. The van der Waals surface area contributed by atoms with Gasteiger partial charge in [0.1, 0.15) is 10.2 Å². The normalized spacial score (nSPS) is 20.5. The molecule has 0 spiro atoms. The van der Waals surface area contributed by atoms with E-state index in [2.05, 4.69) is 24.3 Å². The van der Waals surface area contributed by atoms with Crippen molar-refractivity contribution in [2.24, 2.45) is 11.8 Å². The van der Waals surface area contributed by atoms with E-state index in [0.717, 1.165) is 31.2 Å². The summed E-state index contributed by atoms with van der Waals surface area (Å²) in [5.74, 6) is 1.05. The van der Waals surface area contributed by atoms with Gasteiger partial charge in [-0.3, -0.25) is 4.79 Å². The van der Waals surface area contributed by atoms with Crippen LogP contribution in [0.2, 0.25) is 4.34 Å². The number of hydrogen-bond acceptors (Lipinski definition) is 4. The molecule has 1 aliphatic rings. The molecule has 1 amide bonds. The van der Waals surface area contributed by atoms with Crippen LogP contribution in [0.3, 0.4) is 0 Å². The molecule has 1 aromatic heterocycles. The Bertz CT molecular complexity index is 834. The fourth-order valence-electron chi connectivity index (χ4n) is 4.39. The highest BCUT2D eigenvalue weighted by molar-refractivity contribution is 7.15. The standard InChI is InChI=1S/C22H28ClFN2O2S/c1-26(2)19(16-5-4-6-17(24)11-16)15-9-7-14(8-10-15)12-25-22(27)18-13-29-21(23)20(18)28-3/h4-6,11,13-15,19H,7-10,12H2,1-3H3,(H,25,27). The number of methoxy groups -OCH3 is 1. The van der Waals surface area contributed by atoms with Gasteiger partial charge in [0.05, 0.1) is 12.7 Å². The molecule has 1 aromatic carbocycles. The maximum absolute atomic E-state index is 13.7. The summed E-state index contributed by atoms with van der Waals surface area (Å²) in [6.07, 6.45) is 4.22. The van der Waals surface area contributed by atoms with Crippen LogP contribution in [0, 0.1) is 17.7 Å². The third-order valence-electron chi connectivity index (χ3n) is 5.79. The maximum atomic E-state index is 13.7. The van der Waals surface area contributed by atoms with Gasteiger partial charge in [0, 0.05) is 18.0 Å². The van der Waals surface area contributed by atoms with Gasteiger partial charge in [-0.05, 0) is 69.3 Å². The van der Waals surface area contributed by atoms with Gasteiger partial charge < -0.3 is 15.0 Å². The van der Waals surface area contributed by atoms with Crippen molar-refractivity contribution in [3.05, 3.63) is 50.9 Å². The van der Waals surface area contributed by atoms with Crippen molar-refractivity contribution in [2.75, 3.05) is 27.7 Å². The SMILES string of the molecule is COc1c(C(=O)NCC2CCC(C(c3cccc(F)c3)N(C)C)CC2)csc1Cl. The quantitative estimate of drug-likeness (QED) is 0.630. The van der Waals surface area contributed by atoms with Gasteiger partial charge in [0.15, 0.2) is 5.75 Å². The van der Waals surface area contributed by atoms with E-state index in [-0.39, 0.29) is 17.8 Å². The molecular weight excluding hydrogens is 411 g/mol. The average Bonchev–Trinajstić information content (AvgIpc) is 3.07. The number of rotatable bonds is 7. The fourth-order valence-corrected chi connectivity index (χ4v) is 5.44. The molecule has 1 N–H and O–H groups in total. The number of carbonyl (C=O) groups is 1. The maximum Gasteiger partial charge on any atom is 0.255 e. The lowest BCUT2D eigenvalue weighted by atomic mass is 9.76. The Labute approximate surface area is 181 Å². The molecule has 0 bridgehead atoms. The molecule has 1 heterocycles. The fraction of sp³-hybridized carbons (Fsp3) is 0.500. The molecule has 29 heavy (non-hydrogen) atoms. The number of hydrogen-bond donors (Lipinski definition) is 1. The summed E-state index contributed by atoms with van der Waals surface area (Å²) in [6, 6.07) is 7.15. The summed E-state index contributed by atoms with van der Waals surface area (Å²) >= 11 is 7.35. The first-order valence-corrected chi connectivity index (χ1v) is 11.2. The summed E-state index contributed by atoms with van der Waals surface area (Å²) in [5, 5.41) is 4.76. The Morgan fingerprint density at radius 2 is 2.07 bits per heavy atom. The number of benzene rings is 1. The van der Waals surface area contributed by atoms with Gasteiger partial charge in [-0.25, -0.2) is 4.39 Å². The molecule has 4 nitrogen and oxygen atoms in total. The van der Waals surface area contributed by atoms with Crippen LogP contribution in [0.4, 0.5) is 4.39 Å². The smallest absolute Gasteiger partial charge is 0.255 e. The second-order valence-corrected chi connectivity index (χ2v) is 9.39. The molecule has 1 unspecified atom stereocenters. The van der Waals surface area contributed by atoms with E-state index in [1.165, 1.54) is 24.5 Å². The third-order valence-corrected chi connectivity index (χ3v) is 6.97. The minimum absolute atomic E-state index is 0.141. The number of ether oxygens (including phenoxy) is 1. The van der Waals surface area contributed by atoms with Crippen molar-refractivity contribution >= 4 is 28.8 Å². The lowest BCUT2D eigenvalue weighted by Gasteiger charge is -2.37. The Balaban J connectivity index is 1.55. The first-order valence-electron chi connectivity index (χ1n) is 9.91. The van der Waals surface area contributed by atoms with Crippen LogP contribution in [0.15, 0.2) is 29.6 Å². The molecule has 3 rings (SSSR count). The van der Waals surface area contributed by atoms with Crippen molar-refractivity contribution < 1.29 is 13.9 Å². The summed E-state index contributed by atoms with van der Waals surface area (Å²) in [4.78, 5) is 14.7. The first kappa shape index (κ1) is 22.1. The van der Waals surface area contributed by atoms with Crippen molar-refractivity contribution in [1.82, 2.24) is 10.2 Å². The number of nitrogens with one attached hydrogen (secondary N) is 1. The number of amides is 1. The summed E-state index contributed by atoms with van der Waals surface area (Å²) < 4.78 is 19.4. The van der Waals surface area contributed by atoms with Gasteiger partial charge in [0.25, 0.3) is 5.91 Å². The van der Waals surface area contributed by atoms with Crippen LogP contribution in [0.5, 0.6) is 5.75 Å². The zero-order valence-electron chi connectivity index (χ0n) is 17.1. The van der Waals surface area contributed by atoms with Crippen molar-refractivity contribution in [2.45, 2.75) is 31.7 Å². The molecule has 0 saturated heterocycles. The number of halogens is 2. The first-order chi connectivity index (χ1) is 13.9. The minimum atomic E-state index is -0.185. The monoisotopic (exact) mass is 438 g/mol. The zero-order chi connectivity index (χ0) is 21.0. The molecular formula is C22H28ClFN2O2S.